The van der Waals surface area contributed by atoms with Crippen molar-refractivity contribution in [3.63, 3.8) is 0 Å². The number of nitrogens with zero attached hydrogens (tertiary/aromatic N) is 1. The normalized spacial score (nSPS) is 10.8. The maximum Gasteiger partial charge on any atom is 0.126 e. The predicted octanol–water partition coefficient (Wildman–Crippen LogP) is 4.25. The van der Waals surface area contributed by atoms with Crippen molar-refractivity contribution in [2.75, 3.05) is 5.73 Å². The molecule has 1 aromatic heterocycles. The third-order valence-electron chi connectivity index (χ3n) is 2.94. The number of anilines is 1. The van der Waals surface area contributed by atoms with Gasteiger partial charge >= 0.3 is 0 Å². The largest absolute Gasteiger partial charge is 0.399 e. The lowest BCUT2D eigenvalue weighted by atomic mass is 10.2. The van der Waals surface area contributed by atoms with Gasteiger partial charge in [0.1, 0.15) is 5.82 Å². The van der Waals surface area contributed by atoms with E-state index in [1.54, 1.807) is 6.07 Å². The average molecular weight is 284 g/mol. The number of hydrogen-bond donors (Lipinski definition) is 1. The Hall–Kier alpha value is -2.07. The van der Waals surface area contributed by atoms with Crippen LogP contribution in [0.15, 0.2) is 59.5 Å². The quantitative estimate of drug-likeness (QED) is 0.577. The minimum atomic E-state index is -0.307. The zero-order valence-electron chi connectivity index (χ0n) is 10.7. The molecule has 0 fully saturated rings. The number of rotatable bonds is 3. The summed E-state index contributed by atoms with van der Waals surface area (Å²) in [7, 11) is 0. The van der Waals surface area contributed by atoms with Gasteiger partial charge in [0.05, 0.1) is 11.2 Å². The Morgan fingerprint density at radius 2 is 1.90 bits per heavy atom. The summed E-state index contributed by atoms with van der Waals surface area (Å²) in [5.41, 5.74) is 8.02. The Bertz CT molecular complexity index is 738. The molecule has 20 heavy (non-hydrogen) atoms. The van der Waals surface area contributed by atoms with Crippen LogP contribution in [0.25, 0.3) is 10.9 Å². The summed E-state index contributed by atoms with van der Waals surface area (Å²) in [4.78, 5) is 5.41. The van der Waals surface area contributed by atoms with E-state index in [1.807, 2.05) is 30.3 Å². The molecule has 0 aliphatic heterocycles. The van der Waals surface area contributed by atoms with Crippen molar-refractivity contribution in [1.82, 2.24) is 4.98 Å². The number of para-hydroxylation sites is 1. The van der Waals surface area contributed by atoms with E-state index in [-0.39, 0.29) is 5.82 Å². The summed E-state index contributed by atoms with van der Waals surface area (Å²) in [6.45, 7) is 0. The lowest BCUT2D eigenvalue weighted by Gasteiger charge is -2.04. The highest BCUT2D eigenvalue weighted by Crippen LogP contribution is 2.25. The van der Waals surface area contributed by atoms with Crippen molar-refractivity contribution in [2.45, 2.75) is 10.6 Å². The van der Waals surface area contributed by atoms with E-state index in [0.717, 1.165) is 21.5 Å². The van der Waals surface area contributed by atoms with Gasteiger partial charge < -0.3 is 5.73 Å². The Morgan fingerprint density at radius 3 is 2.75 bits per heavy atom. The van der Waals surface area contributed by atoms with Gasteiger partial charge in [-0.05, 0) is 30.3 Å². The first-order chi connectivity index (χ1) is 9.70. The molecule has 100 valence electrons. The highest BCUT2D eigenvalue weighted by molar-refractivity contribution is 7.98. The maximum atomic E-state index is 13.3. The molecule has 0 radical (unpaired) electrons. The van der Waals surface area contributed by atoms with Gasteiger partial charge in [0.25, 0.3) is 0 Å². The summed E-state index contributed by atoms with van der Waals surface area (Å²) >= 11 is 1.53. The Morgan fingerprint density at radius 1 is 1.05 bits per heavy atom. The van der Waals surface area contributed by atoms with E-state index in [1.165, 1.54) is 23.9 Å². The molecule has 0 atom stereocenters. The van der Waals surface area contributed by atoms with Gasteiger partial charge in [-0.1, -0.05) is 24.3 Å². The highest BCUT2D eigenvalue weighted by Gasteiger charge is 2.02. The fraction of sp³-hybridized carbons (Fsp3) is 0.0625. The molecular weight excluding hydrogens is 271 g/mol. The molecule has 0 bridgehead atoms. The highest BCUT2D eigenvalue weighted by atomic mass is 32.2. The maximum absolute atomic E-state index is 13.3. The molecule has 3 rings (SSSR count). The molecule has 3 aromatic rings. The van der Waals surface area contributed by atoms with Crippen molar-refractivity contribution in [3.8, 4) is 0 Å². The van der Waals surface area contributed by atoms with Crippen LogP contribution in [0.1, 0.15) is 5.69 Å². The van der Waals surface area contributed by atoms with Crippen LogP contribution in [-0.4, -0.2) is 4.98 Å². The monoisotopic (exact) mass is 284 g/mol. The number of aromatic nitrogens is 1. The van der Waals surface area contributed by atoms with E-state index in [0.29, 0.717) is 11.4 Å². The molecule has 1 heterocycles. The number of pyridine rings is 1. The summed E-state index contributed by atoms with van der Waals surface area (Å²) in [5, 5.41) is 1.12. The predicted molar refractivity (Wildman–Crippen MR) is 82.1 cm³/mol. The number of fused-ring (bicyclic) bond motifs is 1. The topological polar surface area (TPSA) is 38.9 Å². The summed E-state index contributed by atoms with van der Waals surface area (Å²) in [6.07, 6.45) is 0. The van der Waals surface area contributed by atoms with Crippen LogP contribution in [-0.2, 0) is 5.75 Å². The first-order valence-corrected chi connectivity index (χ1v) is 7.23. The van der Waals surface area contributed by atoms with Crippen molar-refractivity contribution in [3.05, 3.63) is 66.1 Å². The fourth-order valence-electron chi connectivity index (χ4n) is 2.01. The lowest BCUT2D eigenvalue weighted by Crippen LogP contribution is -1.90. The van der Waals surface area contributed by atoms with Crippen LogP contribution in [0.5, 0.6) is 0 Å². The number of thioether (sulfide) groups is 1. The molecule has 2 N–H and O–H groups in total. The van der Waals surface area contributed by atoms with Crippen LogP contribution in [0.3, 0.4) is 0 Å². The van der Waals surface area contributed by atoms with Crippen LogP contribution in [0, 0.1) is 5.82 Å². The summed E-state index contributed by atoms with van der Waals surface area (Å²) < 4.78 is 13.3. The van der Waals surface area contributed by atoms with Gasteiger partial charge in [0, 0.05) is 21.7 Å². The first kappa shape index (κ1) is 12.9. The smallest absolute Gasteiger partial charge is 0.126 e. The average Bonchev–Trinajstić information content (AvgIpc) is 2.44. The second-order valence-electron chi connectivity index (χ2n) is 4.50. The number of benzene rings is 2. The van der Waals surface area contributed by atoms with Crippen molar-refractivity contribution in [2.24, 2.45) is 0 Å². The number of nitrogens with two attached hydrogens (primary N) is 1. The van der Waals surface area contributed by atoms with Crippen LogP contribution in [0.4, 0.5) is 10.1 Å². The first-order valence-electron chi connectivity index (χ1n) is 6.24. The molecule has 2 aromatic carbocycles. The van der Waals surface area contributed by atoms with E-state index in [4.69, 9.17) is 5.73 Å². The minimum absolute atomic E-state index is 0.307. The molecular formula is C16H13FN2S. The molecule has 2 nitrogen and oxygen atoms in total. The Balaban J connectivity index is 1.79. The molecule has 0 saturated heterocycles. The van der Waals surface area contributed by atoms with E-state index < -0.39 is 0 Å². The van der Waals surface area contributed by atoms with Crippen LogP contribution in [0.2, 0.25) is 0 Å². The van der Waals surface area contributed by atoms with E-state index in [9.17, 15) is 4.39 Å². The Labute approximate surface area is 120 Å². The molecule has 0 aliphatic carbocycles. The molecule has 4 heteroatoms. The van der Waals surface area contributed by atoms with Crippen molar-refractivity contribution >= 4 is 28.4 Å². The summed E-state index contributed by atoms with van der Waals surface area (Å²) in [6, 6.07) is 16.6. The SMILES string of the molecule is Nc1cc(F)cc(SCc2ccc3ccccc3n2)c1. The molecule has 0 spiro atoms. The fourth-order valence-corrected chi connectivity index (χ4v) is 2.90. The van der Waals surface area contributed by atoms with Gasteiger partial charge in [-0.3, -0.25) is 4.98 Å². The van der Waals surface area contributed by atoms with Crippen LogP contribution >= 0.6 is 11.8 Å². The molecule has 0 aliphatic rings. The van der Waals surface area contributed by atoms with Gasteiger partial charge in [-0.2, -0.15) is 0 Å². The number of nitrogen functional groups attached to an aromatic ring is 1. The van der Waals surface area contributed by atoms with Gasteiger partial charge in [0.2, 0.25) is 0 Å². The summed E-state index contributed by atoms with van der Waals surface area (Å²) in [5.74, 6) is 0.382. The van der Waals surface area contributed by atoms with Crippen LogP contribution < -0.4 is 5.73 Å². The standard InChI is InChI=1S/C16H13FN2S/c17-12-7-13(18)9-15(8-12)20-10-14-6-5-11-3-1-2-4-16(11)19-14/h1-9H,10,18H2. The zero-order chi connectivity index (χ0) is 13.9. The molecule has 0 saturated carbocycles. The van der Waals surface area contributed by atoms with Crippen molar-refractivity contribution < 1.29 is 4.39 Å². The minimum Gasteiger partial charge on any atom is -0.399 e. The van der Waals surface area contributed by atoms with E-state index >= 15 is 0 Å². The van der Waals surface area contributed by atoms with Gasteiger partial charge in [0.15, 0.2) is 0 Å². The van der Waals surface area contributed by atoms with Gasteiger partial charge in [-0.25, -0.2) is 4.39 Å². The Kier molecular flexibility index (Phi) is 3.56. The molecule has 0 amide bonds. The van der Waals surface area contributed by atoms with Crippen molar-refractivity contribution in [1.29, 1.82) is 0 Å². The number of hydrogen-bond acceptors (Lipinski definition) is 3. The van der Waals surface area contributed by atoms with E-state index in [2.05, 4.69) is 11.1 Å². The molecule has 0 unspecified atom stereocenters. The second-order valence-corrected chi connectivity index (χ2v) is 5.55. The lowest BCUT2D eigenvalue weighted by molar-refractivity contribution is 0.625. The zero-order valence-corrected chi connectivity index (χ0v) is 11.5. The van der Waals surface area contributed by atoms with Gasteiger partial charge in [-0.15, -0.1) is 11.8 Å². The second kappa shape index (κ2) is 5.51. The third-order valence-corrected chi connectivity index (χ3v) is 3.95. The number of halogens is 1. The third kappa shape index (κ3) is 2.91.